The van der Waals surface area contributed by atoms with E-state index in [9.17, 15) is 9.59 Å². The van der Waals surface area contributed by atoms with Crippen molar-refractivity contribution in [3.63, 3.8) is 0 Å². The third kappa shape index (κ3) is 5.73. The second-order valence-corrected chi connectivity index (χ2v) is 9.38. The number of esters is 1. The number of ether oxygens (including phenoxy) is 1. The van der Waals surface area contributed by atoms with Crippen LogP contribution in [0, 0.1) is 5.41 Å². The molecular formula is C22H26O3S. The molecule has 0 atom stereocenters. The second kappa shape index (κ2) is 7.67. The highest BCUT2D eigenvalue weighted by Crippen LogP contribution is 2.29. The lowest BCUT2D eigenvalue weighted by Gasteiger charge is -2.19. The summed E-state index contributed by atoms with van der Waals surface area (Å²) >= 11 is 1.59. The van der Waals surface area contributed by atoms with E-state index in [-0.39, 0.29) is 17.2 Å². The van der Waals surface area contributed by atoms with Crippen LogP contribution in [-0.2, 0) is 4.74 Å². The van der Waals surface area contributed by atoms with E-state index in [1.54, 1.807) is 23.9 Å². The number of Topliss-reactive ketones (excluding diaryl/α,β-unsaturated/α-hetero) is 1. The van der Waals surface area contributed by atoms with Crippen molar-refractivity contribution in [1.29, 1.82) is 0 Å². The van der Waals surface area contributed by atoms with E-state index in [1.807, 2.05) is 77.9 Å². The molecule has 2 rings (SSSR count). The molecule has 26 heavy (non-hydrogen) atoms. The molecule has 0 heterocycles. The van der Waals surface area contributed by atoms with Gasteiger partial charge in [-0.3, -0.25) is 4.79 Å². The topological polar surface area (TPSA) is 43.4 Å². The number of ketones is 1. The van der Waals surface area contributed by atoms with Crippen LogP contribution in [0.4, 0.5) is 0 Å². The Balaban J connectivity index is 2.05. The molecule has 2 aromatic carbocycles. The number of hydrogen-bond acceptors (Lipinski definition) is 4. The fourth-order valence-electron chi connectivity index (χ4n) is 2.24. The lowest BCUT2D eigenvalue weighted by Crippen LogP contribution is -2.23. The minimum absolute atomic E-state index is 0.135. The fourth-order valence-corrected chi connectivity index (χ4v) is 3.06. The van der Waals surface area contributed by atoms with Gasteiger partial charge in [-0.25, -0.2) is 4.79 Å². The Morgan fingerprint density at radius 3 is 1.54 bits per heavy atom. The van der Waals surface area contributed by atoms with Gasteiger partial charge in [0.2, 0.25) is 0 Å². The van der Waals surface area contributed by atoms with Crippen LogP contribution in [-0.4, -0.2) is 17.4 Å². The van der Waals surface area contributed by atoms with Crippen LogP contribution < -0.4 is 0 Å². The van der Waals surface area contributed by atoms with Gasteiger partial charge in [0.05, 0.1) is 5.56 Å². The molecule has 4 heteroatoms. The molecule has 0 bridgehead atoms. The van der Waals surface area contributed by atoms with E-state index < -0.39 is 5.60 Å². The van der Waals surface area contributed by atoms with E-state index in [2.05, 4.69) is 0 Å². The molecule has 0 amide bonds. The number of carbonyl (C=O) groups is 2. The van der Waals surface area contributed by atoms with Crippen LogP contribution in [0.3, 0.4) is 0 Å². The first-order valence-electron chi connectivity index (χ1n) is 8.62. The molecule has 138 valence electrons. The predicted molar refractivity (Wildman–Crippen MR) is 106 cm³/mol. The maximum absolute atomic E-state index is 12.3. The zero-order chi connectivity index (χ0) is 19.5. The summed E-state index contributed by atoms with van der Waals surface area (Å²) in [6.45, 7) is 11.3. The quantitative estimate of drug-likeness (QED) is 0.487. The lowest BCUT2D eigenvalue weighted by atomic mass is 9.87. The summed E-state index contributed by atoms with van der Waals surface area (Å²) < 4.78 is 5.37. The van der Waals surface area contributed by atoms with E-state index in [4.69, 9.17) is 4.74 Å². The fraction of sp³-hybridized carbons (Fsp3) is 0.364. The molecule has 0 unspecified atom stereocenters. The lowest BCUT2D eigenvalue weighted by molar-refractivity contribution is 0.00693. The average Bonchev–Trinajstić information content (AvgIpc) is 2.53. The summed E-state index contributed by atoms with van der Waals surface area (Å²) in [5.41, 5.74) is 0.376. The molecule has 0 aromatic heterocycles. The van der Waals surface area contributed by atoms with Crippen LogP contribution in [0.25, 0.3) is 0 Å². The van der Waals surface area contributed by atoms with Crippen molar-refractivity contribution in [2.45, 2.75) is 56.9 Å². The maximum atomic E-state index is 12.3. The highest BCUT2D eigenvalue weighted by atomic mass is 32.2. The molecule has 0 radical (unpaired) electrons. The summed E-state index contributed by atoms with van der Waals surface area (Å²) in [6, 6.07) is 15.0. The van der Waals surface area contributed by atoms with Gasteiger partial charge in [0.15, 0.2) is 5.78 Å². The molecule has 0 saturated carbocycles. The third-order valence-electron chi connectivity index (χ3n) is 3.52. The predicted octanol–water partition coefficient (Wildman–Crippen LogP) is 6.02. The summed E-state index contributed by atoms with van der Waals surface area (Å²) in [4.78, 5) is 26.4. The Morgan fingerprint density at radius 1 is 0.731 bits per heavy atom. The van der Waals surface area contributed by atoms with Crippen LogP contribution in [0.2, 0.25) is 0 Å². The maximum Gasteiger partial charge on any atom is 0.338 e. The first kappa shape index (κ1) is 20.2. The Morgan fingerprint density at radius 2 is 1.15 bits per heavy atom. The highest BCUT2D eigenvalue weighted by molar-refractivity contribution is 7.99. The molecule has 0 spiro atoms. The third-order valence-corrected chi connectivity index (χ3v) is 4.54. The first-order chi connectivity index (χ1) is 12.0. The molecule has 0 aliphatic rings. The van der Waals surface area contributed by atoms with Crippen LogP contribution in [0.15, 0.2) is 58.3 Å². The van der Waals surface area contributed by atoms with Crippen molar-refractivity contribution in [1.82, 2.24) is 0 Å². The van der Waals surface area contributed by atoms with Gasteiger partial charge in [-0.15, -0.1) is 0 Å². The van der Waals surface area contributed by atoms with Crippen molar-refractivity contribution in [2.24, 2.45) is 5.41 Å². The molecule has 0 saturated heterocycles. The SMILES string of the molecule is CC(C)(C)OC(=O)c1ccc(Sc2ccc(C(=O)C(C)(C)C)cc2)cc1. The molecule has 3 nitrogen and oxygen atoms in total. The van der Waals surface area contributed by atoms with E-state index in [0.29, 0.717) is 5.56 Å². The zero-order valence-corrected chi connectivity index (χ0v) is 17.1. The molecule has 2 aromatic rings. The molecule has 0 aliphatic carbocycles. The van der Waals surface area contributed by atoms with Crippen molar-refractivity contribution in [3.8, 4) is 0 Å². The minimum Gasteiger partial charge on any atom is -0.456 e. The van der Waals surface area contributed by atoms with Gasteiger partial charge in [-0.1, -0.05) is 44.7 Å². The Kier molecular flexibility index (Phi) is 5.97. The largest absolute Gasteiger partial charge is 0.456 e. The number of hydrogen-bond donors (Lipinski definition) is 0. The van der Waals surface area contributed by atoms with Gasteiger partial charge in [0.25, 0.3) is 0 Å². The Bertz CT molecular complexity index is 776. The minimum atomic E-state index is -0.503. The number of benzene rings is 2. The van der Waals surface area contributed by atoms with Gasteiger partial charge in [0.1, 0.15) is 5.60 Å². The van der Waals surface area contributed by atoms with Crippen molar-refractivity contribution >= 4 is 23.5 Å². The Hall–Kier alpha value is -2.07. The summed E-state index contributed by atoms with van der Waals surface area (Å²) in [7, 11) is 0. The van der Waals surface area contributed by atoms with Crippen molar-refractivity contribution in [3.05, 3.63) is 59.7 Å². The smallest absolute Gasteiger partial charge is 0.338 e. The molecular weight excluding hydrogens is 344 g/mol. The summed E-state index contributed by atoms with van der Waals surface area (Å²) in [5.74, 6) is -0.185. The van der Waals surface area contributed by atoms with Crippen LogP contribution in [0.1, 0.15) is 62.3 Å². The number of rotatable bonds is 4. The van der Waals surface area contributed by atoms with Gasteiger partial charge in [-0.2, -0.15) is 0 Å². The van der Waals surface area contributed by atoms with Gasteiger partial charge in [-0.05, 0) is 57.2 Å². The first-order valence-corrected chi connectivity index (χ1v) is 9.43. The number of carbonyl (C=O) groups excluding carboxylic acids is 2. The molecule has 0 aliphatic heterocycles. The normalized spacial score (nSPS) is 11.9. The van der Waals surface area contributed by atoms with E-state index >= 15 is 0 Å². The van der Waals surface area contributed by atoms with E-state index in [0.717, 1.165) is 15.4 Å². The molecule has 0 fully saturated rings. The van der Waals surface area contributed by atoms with E-state index in [1.165, 1.54) is 0 Å². The summed E-state index contributed by atoms with van der Waals surface area (Å²) in [6.07, 6.45) is 0. The zero-order valence-electron chi connectivity index (χ0n) is 16.3. The average molecular weight is 371 g/mol. The van der Waals surface area contributed by atoms with Gasteiger partial charge < -0.3 is 4.74 Å². The standard InChI is InChI=1S/C22H26O3S/c1-21(2,3)19(23)15-7-11-17(12-8-15)26-18-13-9-16(10-14-18)20(24)25-22(4,5)6/h7-14H,1-6H3. The van der Waals surface area contributed by atoms with Gasteiger partial charge >= 0.3 is 5.97 Å². The highest BCUT2D eigenvalue weighted by Gasteiger charge is 2.22. The van der Waals surface area contributed by atoms with Crippen LogP contribution >= 0.6 is 11.8 Å². The van der Waals surface area contributed by atoms with Crippen LogP contribution in [0.5, 0.6) is 0 Å². The van der Waals surface area contributed by atoms with Crippen molar-refractivity contribution < 1.29 is 14.3 Å². The Labute approximate surface area is 160 Å². The van der Waals surface area contributed by atoms with Crippen molar-refractivity contribution in [2.75, 3.05) is 0 Å². The van der Waals surface area contributed by atoms with Gasteiger partial charge in [0, 0.05) is 20.8 Å². The molecule has 0 N–H and O–H groups in total. The monoisotopic (exact) mass is 370 g/mol. The summed E-state index contributed by atoms with van der Waals surface area (Å²) in [5, 5.41) is 0. The second-order valence-electron chi connectivity index (χ2n) is 8.23.